The van der Waals surface area contributed by atoms with Gasteiger partial charge in [-0.1, -0.05) is 78.9 Å². The quantitative estimate of drug-likeness (QED) is 0.283. The van der Waals surface area contributed by atoms with E-state index in [1.807, 2.05) is 48.5 Å². The minimum absolute atomic E-state index is 0.0298. The minimum Gasteiger partial charge on any atom is -0.480 e. The smallest absolute Gasteiger partial charge is 0.411 e. The highest BCUT2D eigenvalue weighted by molar-refractivity contribution is 5.98. The largest absolute Gasteiger partial charge is 0.480 e. The Labute approximate surface area is 228 Å². The lowest BCUT2D eigenvalue weighted by atomic mass is 9.98. The molecule has 0 aromatic heterocycles. The lowest BCUT2D eigenvalue weighted by molar-refractivity contribution is -0.137. The van der Waals surface area contributed by atoms with Gasteiger partial charge in [-0.15, -0.1) is 0 Å². The van der Waals surface area contributed by atoms with Crippen LogP contribution in [0.4, 0.5) is 19.3 Å². The van der Waals surface area contributed by atoms with Crippen LogP contribution in [0.1, 0.15) is 33.0 Å². The van der Waals surface area contributed by atoms with Crippen molar-refractivity contribution in [2.45, 2.75) is 12.5 Å². The van der Waals surface area contributed by atoms with Gasteiger partial charge >= 0.3 is 12.1 Å². The molecule has 0 heterocycles. The number of hydrogen-bond donors (Lipinski definition) is 2. The Morgan fingerprint density at radius 2 is 1.43 bits per heavy atom. The first-order valence-corrected chi connectivity index (χ1v) is 12.5. The van der Waals surface area contributed by atoms with E-state index in [0.29, 0.717) is 5.56 Å². The van der Waals surface area contributed by atoms with E-state index < -0.39 is 47.4 Å². The number of carbonyl (C=O) groups is 3. The molecule has 0 atom stereocenters. The van der Waals surface area contributed by atoms with Gasteiger partial charge in [-0.2, -0.15) is 0 Å². The molecule has 2 N–H and O–H groups in total. The van der Waals surface area contributed by atoms with Crippen LogP contribution in [0.5, 0.6) is 0 Å². The summed E-state index contributed by atoms with van der Waals surface area (Å²) < 4.78 is 35.5. The summed E-state index contributed by atoms with van der Waals surface area (Å²) >= 11 is 0. The van der Waals surface area contributed by atoms with E-state index in [1.54, 1.807) is 30.3 Å². The third-order valence-corrected chi connectivity index (χ3v) is 6.71. The number of carboxylic acid groups (broad SMARTS) is 1. The molecule has 0 aliphatic heterocycles. The molecule has 4 aromatic rings. The summed E-state index contributed by atoms with van der Waals surface area (Å²) in [5, 5.41) is 11.5. The fourth-order valence-electron chi connectivity index (χ4n) is 4.91. The van der Waals surface area contributed by atoms with Crippen LogP contribution >= 0.6 is 0 Å². The van der Waals surface area contributed by atoms with E-state index in [9.17, 15) is 23.9 Å². The van der Waals surface area contributed by atoms with Crippen molar-refractivity contribution in [3.63, 3.8) is 0 Å². The Hall–Kier alpha value is -5.05. The summed E-state index contributed by atoms with van der Waals surface area (Å²) in [5.41, 5.74) is 3.20. The van der Waals surface area contributed by atoms with Crippen molar-refractivity contribution in [1.82, 2.24) is 4.90 Å². The highest BCUT2D eigenvalue weighted by atomic mass is 19.1. The first-order chi connectivity index (χ1) is 19.3. The summed E-state index contributed by atoms with van der Waals surface area (Å²) in [5.74, 6) is -5.27. The van der Waals surface area contributed by atoms with Crippen molar-refractivity contribution in [2.75, 3.05) is 18.5 Å². The predicted octanol–water partition coefficient (Wildman–Crippen LogP) is 6.05. The van der Waals surface area contributed by atoms with Crippen molar-refractivity contribution in [3.05, 3.63) is 125 Å². The monoisotopic (exact) mass is 542 g/mol. The maximum Gasteiger partial charge on any atom is 0.411 e. The number of aliphatic carboxylic acids is 1. The SMILES string of the molecule is O=C(O)CN(Cc1ccccc1)C(=O)c1c(F)ccc(NC(=O)OCC2c3ccccc3-c3ccccc32)c1F. The van der Waals surface area contributed by atoms with Gasteiger partial charge in [0.1, 0.15) is 24.5 Å². The molecular weight excluding hydrogens is 518 g/mol. The van der Waals surface area contributed by atoms with Gasteiger partial charge < -0.3 is 14.7 Å². The number of fused-ring (bicyclic) bond motifs is 3. The third kappa shape index (κ3) is 5.40. The summed E-state index contributed by atoms with van der Waals surface area (Å²) in [6.45, 7) is -0.997. The molecule has 0 fully saturated rings. The number of carbonyl (C=O) groups excluding carboxylic acids is 2. The first kappa shape index (κ1) is 26.6. The summed E-state index contributed by atoms with van der Waals surface area (Å²) in [6, 6.07) is 25.8. The summed E-state index contributed by atoms with van der Waals surface area (Å²) in [4.78, 5) is 38.0. The van der Waals surface area contributed by atoms with Crippen LogP contribution < -0.4 is 5.32 Å². The highest BCUT2D eigenvalue weighted by Crippen LogP contribution is 2.44. The van der Waals surface area contributed by atoms with Crippen LogP contribution in [-0.4, -0.2) is 41.1 Å². The number of benzene rings is 4. The van der Waals surface area contributed by atoms with Crippen molar-refractivity contribution in [1.29, 1.82) is 0 Å². The van der Waals surface area contributed by atoms with Gasteiger partial charge in [0.05, 0.1) is 5.69 Å². The Balaban J connectivity index is 1.33. The normalized spacial score (nSPS) is 11.8. The Kier molecular flexibility index (Phi) is 7.54. The number of amides is 2. The second-order valence-electron chi connectivity index (χ2n) is 9.28. The fraction of sp³-hybridized carbons (Fsp3) is 0.129. The van der Waals surface area contributed by atoms with E-state index in [1.165, 1.54) is 0 Å². The molecule has 0 unspecified atom stereocenters. The standard InChI is InChI=1S/C31H24F2N2O5/c32-25-14-15-26(29(33)28(25)30(38)35(17-27(36)37)16-19-8-2-1-3-9-19)34-31(39)40-18-24-22-12-6-4-10-20(22)21-11-5-7-13-23(21)24/h1-15,24H,16-18H2,(H,34,39)(H,36,37). The van der Waals surface area contributed by atoms with E-state index in [0.717, 1.165) is 39.3 Å². The average molecular weight is 543 g/mol. The first-order valence-electron chi connectivity index (χ1n) is 12.5. The van der Waals surface area contributed by atoms with Gasteiger partial charge in [0.25, 0.3) is 5.91 Å². The molecule has 9 heteroatoms. The molecule has 202 valence electrons. The van der Waals surface area contributed by atoms with Crippen molar-refractivity contribution in [2.24, 2.45) is 0 Å². The molecule has 2 amide bonds. The number of nitrogens with one attached hydrogen (secondary N) is 1. The summed E-state index contributed by atoms with van der Waals surface area (Å²) in [6.07, 6.45) is -0.988. The van der Waals surface area contributed by atoms with Gasteiger partial charge in [-0.25, -0.2) is 13.6 Å². The fourth-order valence-corrected chi connectivity index (χ4v) is 4.91. The molecule has 0 radical (unpaired) electrons. The van der Waals surface area contributed by atoms with Gasteiger partial charge in [-0.05, 0) is 39.9 Å². The number of halogens is 2. The van der Waals surface area contributed by atoms with Crippen LogP contribution in [0.25, 0.3) is 11.1 Å². The Morgan fingerprint density at radius 1 is 0.825 bits per heavy atom. The van der Waals surface area contributed by atoms with E-state index >= 15 is 4.39 Å². The average Bonchev–Trinajstić information content (AvgIpc) is 3.27. The minimum atomic E-state index is -1.35. The molecular formula is C31H24F2N2O5. The molecule has 4 aromatic carbocycles. The maximum atomic E-state index is 15.4. The number of anilines is 1. The van der Waals surface area contributed by atoms with Gasteiger partial charge in [-0.3, -0.25) is 14.9 Å². The number of carboxylic acids is 1. The Morgan fingerprint density at radius 3 is 2.05 bits per heavy atom. The topological polar surface area (TPSA) is 95.9 Å². The zero-order chi connectivity index (χ0) is 28.2. The number of hydrogen-bond acceptors (Lipinski definition) is 4. The molecule has 0 saturated heterocycles. The van der Waals surface area contributed by atoms with Crippen LogP contribution in [0, 0.1) is 11.6 Å². The van der Waals surface area contributed by atoms with Gasteiger partial charge in [0.15, 0.2) is 5.82 Å². The van der Waals surface area contributed by atoms with Gasteiger partial charge in [0.2, 0.25) is 0 Å². The van der Waals surface area contributed by atoms with Crippen LogP contribution in [0.3, 0.4) is 0 Å². The second-order valence-corrected chi connectivity index (χ2v) is 9.28. The number of rotatable bonds is 8. The predicted molar refractivity (Wildman–Crippen MR) is 144 cm³/mol. The zero-order valence-corrected chi connectivity index (χ0v) is 21.1. The summed E-state index contributed by atoms with van der Waals surface area (Å²) in [7, 11) is 0. The van der Waals surface area contributed by atoms with Crippen LogP contribution in [0.15, 0.2) is 91.0 Å². The lowest BCUT2D eigenvalue weighted by Crippen LogP contribution is -2.36. The van der Waals surface area contributed by atoms with E-state index in [-0.39, 0.29) is 19.1 Å². The van der Waals surface area contributed by atoms with Crippen LogP contribution in [0.2, 0.25) is 0 Å². The van der Waals surface area contributed by atoms with E-state index in [4.69, 9.17) is 4.74 Å². The van der Waals surface area contributed by atoms with E-state index in [2.05, 4.69) is 5.32 Å². The Bertz CT molecular complexity index is 1550. The van der Waals surface area contributed by atoms with Crippen molar-refractivity contribution in [3.8, 4) is 11.1 Å². The van der Waals surface area contributed by atoms with Crippen LogP contribution in [-0.2, 0) is 16.1 Å². The molecule has 0 bridgehead atoms. The lowest BCUT2D eigenvalue weighted by Gasteiger charge is -2.22. The maximum absolute atomic E-state index is 15.4. The third-order valence-electron chi connectivity index (χ3n) is 6.71. The van der Waals surface area contributed by atoms with Gasteiger partial charge in [0, 0.05) is 12.5 Å². The molecule has 5 rings (SSSR count). The molecule has 0 saturated carbocycles. The molecule has 40 heavy (non-hydrogen) atoms. The second kappa shape index (κ2) is 11.4. The molecule has 0 spiro atoms. The molecule has 1 aliphatic rings. The molecule has 1 aliphatic carbocycles. The highest BCUT2D eigenvalue weighted by Gasteiger charge is 2.30. The van der Waals surface area contributed by atoms with Crippen molar-refractivity contribution < 1.29 is 33.0 Å². The zero-order valence-electron chi connectivity index (χ0n) is 21.1. The number of ether oxygens (including phenoxy) is 1. The molecule has 7 nitrogen and oxygen atoms in total. The number of nitrogens with zero attached hydrogens (tertiary/aromatic N) is 1. The van der Waals surface area contributed by atoms with Crippen molar-refractivity contribution >= 4 is 23.7 Å².